The van der Waals surface area contributed by atoms with Crippen LogP contribution in [-0.2, 0) is 4.79 Å². The smallest absolute Gasteiger partial charge is 0.303 e. The number of hydrogen-bond donors (Lipinski definition) is 1. The van der Waals surface area contributed by atoms with Crippen molar-refractivity contribution in [3.05, 3.63) is 36.5 Å². The predicted molar refractivity (Wildman–Crippen MR) is 91.5 cm³/mol. The van der Waals surface area contributed by atoms with Crippen LogP contribution in [0.2, 0.25) is 0 Å². The number of aliphatic carboxylic acids is 1. The summed E-state index contributed by atoms with van der Waals surface area (Å²) in [4.78, 5) is 10.3. The van der Waals surface area contributed by atoms with E-state index >= 15 is 0 Å². The third-order valence-corrected chi connectivity index (χ3v) is 3.28. The lowest BCUT2D eigenvalue weighted by atomic mass is 10.1. The van der Waals surface area contributed by atoms with Gasteiger partial charge >= 0.3 is 5.97 Å². The first-order chi connectivity index (χ1) is 10.3. The van der Waals surface area contributed by atoms with Gasteiger partial charge in [-0.05, 0) is 44.9 Å². The fourth-order valence-electron chi connectivity index (χ4n) is 2.01. The fraction of sp³-hybridized carbons (Fsp3) is 0.632. The largest absolute Gasteiger partial charge is 0.481 e. The Hall–Kier alpha value is -1.31. The van der Waals surface area contributed by atoms with Gasteiger partial charge in [-0.2, -0.15) is 0 Å². The molecule has 0 unspecified atom stereocenters. The van der Waals surface area contributed by atoms with Crippen LogP contribution in [0.4, 0.5) is 0 Å². The molecule has 0 aromatic heterocycles. The molecule has 2 heteroatoms. The first-order valence-electron chi connectivity index (χ1n) is 8.44. The van der Waals surface area contributed by atoms with Gasteiger partial charge in [0, 0.05) is 6.42 Å². The Bertz CT molecular complexity index is 314. The molecular formula is C19H32O2. The molecule has 0 saturated heterocycles. The van der Waals surface area contributed by atoms with Crippen molar-refractivity contribution in [2.24, 2.45) is 0 Å². The predicted octanol–water partition coefficient (Wildman–Crippen LogP) is 6.05. The van der Waals surface area contributed by atoms with E-state index in [9.17, 15) is 4.79 Å². The van der Waals surface area contributed by atoms with Crippen molar-refractivity contribution in [3.63, 3.8) is 0 Å². The molecule has 0 heterocycles. The normalized spacial score (nSPS) is 12.0. The fourth-order valence-corrected chi connectivity index (χ4v) is 2.01. The lowest BCUT2D eigenvalue weighted by Crippen LogP contribution is -1.93. The number of carboxylic acid groups (broad SMARTS) is 1. The highest BCUT2D eigenvalue weighted by Gasteiger charge is 1.94. The van der Waals surface area contributed by atoms with Crippen LogP contribution in [0.1, 0.15) is 77.6 Å². The van der Waals surface area contributed by atoms with Gasteiger partial charge in [0.05, 0.1) is 0 Å². The average Bonchev–Trinajstić information content (AvgIpc) is 2.46. The molecule has 2 nitrogen and oxygen atoms in total. The van der Waals surface area contributed by atoms with E-state index in [2.05, 4.69) is 43.4 Å². The van der Waals surface area contributed by atoms with Gasteiger partial charge in [-0.3, -0.25) is 4.79 Å². The van der Waals surface area contributed by atoms with Gasteiger partial charge in [-0.1, -0.05) is 62.6 Å². The van der Waals surface area contributed by atoms with Crippen molar-refractivity contribution in [2.75, 3.05) is 0 Å². The number of hydrogen-bond acceptors (Lipinski definition) is 1. The van der Waals surface area contributed by atoms with Crippen molar-refractivity contribution in [1.82, 2.24) is 0 Å². The minimum Gasteiger partial charge on any atom is -0.481 e. The summed E-state index contributed by atoms with van der Waals surface area (Å²) in [6.45, 7) is 2.23. The van der Waals surface area contributed by atoms with Crippen molar-refractivity contribution < 1.29 is 9.90 Å². The molecule has 1 N–H and O–H groups in total. The zero-order valence-electron chi connectivity index (χ0n) is 13.6. The standard InChI is InChI=1S/C19H32O2/c1-2-3-4-5-6-7-8-9-10-11-12-13-14-15-16-17-18-19(20)21/h6-7,9-10,12-13H,2-5,8,11,14-18H2,1H3,(H,20,21)/b7-6-,10-9-,13-12-. The molecule has 120 valence electrons. The highest BCUT2D eigenvalue weighted by molar-refractivity contribution is 5.66. The molecule has 0 aromatic rings. The van der Waals surface area contributed by atoms with Gasteiger partial charge in [-0.25, -0.2) is 0 Å². The van der Waals surface area contributed by atoms with Gasteiger partial charge < -0.3 is 5.11 Å². The van der Waals surface area contributed by atoms with Crippen LogP contribution < -0.4 is 0 Å². The van der Waals surface area contributed by atoms with Crippen LogP contribution in [-0.4, -0.2) is 11.1 Å². The summed E-state index contributed by atoms with van der Waals surface area (Å²) in [6, 6.07) is 0. The Morgan fingerprint density at radius 3 is 1.81 bits per heavy atom. The van der Waals surface area contributed by atoms with Crippen molar-refractivity contribution in [1.29, 1.82) is 0 Å². The highest BCUT2D eigenvalue weighted by atomic mass is 16.4. The second kappa shape index (κ2) is 16.7. The molecule has 0 aliphatic heterocycles. The Balaban J connectivity index is 3.30. The summed E-state index contributed by atoms with van der Waals surface area (Å²) in [5.74, 6) is -0.685. The molecule has 0 amide bonds. The van der Waals surface area contributed by atoms with E-state index in [1.807, 2.05) is 0 Å². The number of rotatable bonds is 14. The molecule has 0 saturated carbocycles. The van der Waals surface area contributed by atoms with E-state index in [4.69, 9.17) is 5.11 Å². The van der Waals surface area contributed by atoms with E-state index in [0.29, 0.717) is 6.42 Å². The molecular weight excluding hydrogens is 260 g/mol. The van der Waals surface area contributed by atoms with Crippen molar-refractivity contribution >= 4 is 5.97 Å². The minimum atomic E-state index is -0.685. The summed E-state index contributed by atoms with van der Waals surface area (Å²) < 4.78 is 0. The van der Waals surface area contributed by atoms with Crippen LogP contribution in [0.25, 0.3) is 0 Å². The van der Waals surface area contributed by atoms with E-state index in [1.54, 1.807) is 0 Å². The van der Waals surface area contributed by atoms with E-state index in [1.165, 1.54) is 25.7 Å². The number of carboxylic acids is 1. The first-order valence-corrected chi connectivity index (χ1v) is 8.44. The molecule has 0 bridgehead atoms. The second-order valence-corrected chi connectivity index (χ2v) is 5.37. The molecule has 0 aliphatic rings. The van der Waals surface area contributed by atoms with E-state index in [0.717, 1.165) is 38.5 Å². The molecule has 0 radical (unpaired) electrons. The van der Waals surface area contributed by atoms with Crippen LogP contribution in [0.15, 0.2) is 36.5 Å². The molecule has 0 atom stereocenters. The van der Waals surface area contributed by atoms with Gasteiger partial charge in [0.15, 0.2) is 0 Å². The summed E-state index contributed by atoms with van der Waals surface area (Å²) >= 11 is 0. The van der Waals surface area contributed by atoms with E-state index < -0.39 is 5.97 Å². The highest BCUT2D eigenvalue weighted by Crippen LogP contribution is 2.04. The Labute approximate surface area is 130 Å². The maximum atomic E-state index is 10.3. The summed E-state index contributed by atoms with van der Waals surface area (Å²) in [7, 11) is 0. The quantitative estimate of drug-likeness (QED) is 0.312. The lowest BCUT2D eigenvalue weighted by molar-refractivity contribution is -0.137. The molecule has 21 heavy (non-hydrogen) atoms. The van der Waals surface area contributed by atoms with Gasteiger partial charge in [0.25, 0.3) is 0 Å². The molecule has 0 rings (SSSR count). The van der Waals surface area contributed by atoms with Crippen LogP contribution in [0.5, 0.6) is 0 Å². The van der Waals surface area contributed by atoms with Gasteiger partial charge in [-0.15, -0.1) is 0 Å². The maximum absolute atomic E-state index is 10.3. The van der Waals surface area contributed by atoms with Crippen LogP contribution in [0, 0.1) is 0 Å². The average molecular weight is 292 g/mol. The lowest BCUT2D eigenvalue weighted by Gasteiger charge is -1.94. The summed E-state index contributed by atoms with van der Waals surface area (Å²) in [5.41, 5.74) is 0. The third kappa shape index (κ3) is 18.7. The van der Waals surface area contributed by atoms with Gasteiger partial charge in [0.1, 0.15) is 0 Å². The Kier molecular flexibility index (Phi) is 15.7. The monoisotopic (exact) mass is 292 g/mol. The Morgan fingerprint density at radius 2 is 1.29 bits per heavy atom. The van der Waals surface area contributed by atoms with Gasteiger partial charge in [0.2, 0.25) is 0 Å². The summed E-state index contributed by atoms with van der Waals surface area (Å²) in [6.07, 6.45) is 24.8. The molecule has 0 aliphatic carbocycles. The Morgan fingerprint density at radius 1 is 0.762 bits per heavy atom. The zero-order chi connectivity index (χ0) is 15.6. The maximum Gasteiger partial charge on any atom is 0.303 e. The number of unbranched alkanes of at least 4 members (excludes halogenated alkanes) is 6. The SMILES string of the molecule is CCCCC/C=C\C/C=C\C/C=C\CCCCCC(=O)O. The van der Waals surface area contributed by atoms with E-state index in [-0.39, 0.29) is 0 Å². The van der Waals surface area contributed by atoms with Crippen LogP contribution in [0.3, 0.4) is 0 Å². The zero-order valence-corrected chi connectivity index (χ0v) is 13.6. The number of allylic oxidation sites excluding steroid dienone is 6. The molecule has 0 spiro atoms. The van der Waals surface area contributed by atoms with Crippen molar-refractivity contribution in [3.8, 4) is 0 Å². The second-order valence-electron chi connectivity index (χ2n) is 5.37. The summed E-state index contributed by atoms with van der Waals surface area (Å²) in [5, 5.41) is 8.50. The van der Waals surface area contributed by atoms with Crippen LogP contribution >= 0.6 is 0 Å². The first kappa shape index (κ1) is 19.7. The van der Waals surface area contributed by atoms with Crippen molar-refractivity contribution in [2.45, 2.75) is 77.6 Å². The topological polar surface area (TPSA) is 37.3 Å². The molecule has 0 fully saturated rings. The minimum absolute atomic E-state index is 0.304. The molecule has 0 aromatic carbocycles. The third-order valence-electron chi connectivity index (χ3n) is 3.28. The number of carbonyl (C=O) groups is 1.